The van der Waals surface area contributed by atoms with Crippen molar-refractivity contribution in [1.82, 2.24) is 14.6 Å². The molecule has 0 aliphatic carbocycles. The summed E-state index contributed by atoms with van der Waals surface area (Å²) in [6.45, 7) is 5.95. The Kier molecular flexibility index (Phi) is 5.09. The first kappa shape index (κ1) is 15.4. The van der Waals surface area contributed by atoms with E-state index in [2.05, 4.69) is 21.5 Å². The third-order valence-electron chi connectivity index (χ3n) is 3.70. The van der Waals surface area contributed by atoms with Crippen LogP contribution in [-0.2, 0) is 16.6 Å². The molecule has 1 atom stereocenters. The second kappa shape index (κ2) is 6.62. The summed E-state index contributed by atoms with van der Waals surface area (Å²) >= 11 is 0. The van der Waals surface area contributed by atoms with Gasteiger partial charge < -0.3 is 10.6 Å². The molecule has 112 valence electrons. The second-order valence-electron chi connectivity index (χ2n) is 5.09. The predicted octanol–water partition coefficient (Wildman–Crippen LogP) is 0.160. The number of hydrogen-bond donors (Lipinski definition) is 2. The minimum absolute atomic E-state index is 0.194. The van der Waals surface area contributed by atoms with E-state index in [1.807, 2.05) is 0 Å². The highest BCUT2D eigenvalue weighted by molar-refractivity contribution is 7.89. The van der Waals surface area contributed by atoms with Gasteiger partial charge in [-0.1, -0.05) is 6.92 Å². The van der Waals surface area contributed by atoms with Gasteiger partial charge in [-0.25, -0.2) is 13.1 Å². The smallest absolute Gasteiger partial charge is 0.242 e. The Bertz CT molecular complexity index is 530. The van der Waals surface area contributed by atoms with E-state index in [0.717, 1.165) is 26.1 Å². The molecule has 0 bridgehead atoms. The van der Waals surface area contributed by atoms with E-state index in [4.69, 9.17) is 5.73 Å². The molecule has 0 saturated carbocycles. The Balaban J connectivity index is 1.93. The molecule has 6 nitrogen and oxygen atoms in total. The standard InChI is InChI=1S/C13H22N4O2S/c1-2-17-6-5-11(10-17)8-16-20(18,19)13-4-3-12(7-14)15-9-13/h3-4,9,11,16H,2,5-8,10,14H2,1H3. The number of nitrogens with zero attached hydrogens (tertiary/aromatic N) is 2. The molecule has 20 heavy (non-hydrogen) atoms. The molecule has 0 amide bonds. The van der Waals surface area contributed by atoms with Crippen LogP contribution in [0.25, 0.3) is 0 Å². The number of nitrogens with two attached hydrogens (primary N) is 1. The zero-order chi connectivity index (χ0) is 14.6. The van der Waals surface area contributed by atoms with Crippen molar-refractivity contribution < 1.29 is 8.42 Å². The summed E-state index contributed by atoms with van der Waals surface area (Å²) in [5.74, 6) is 0.390. The topological polar surface area (TPSA) is 88.3 Å². The fraction of sp³-hybridized carbons (Fsp3) is 0.615. The molecule has 7 heteroatoms. The fourth-order valence-corrected chi connectivity index (χ4v) is 3.43. The largest absolute Gasteiger partial charge is 0.325 e. The number of nitrogens with one attached hydrogen (secondary N) is 1. The van der Waals surface area contributed by atoms with Gasteiger partial charge in [-0.2, -0.15) is 0 Å². The molecule has 2 heterocycles. The Morgan fingerprint density at radius 2 is 2.30 bits per heavy atom. The lowest BCUT2D eigenvalue weighted by Crippen LogP contribution is -2.31. The lowest BCUT2D eigenvalue weighted by molar-refractivity contribution is 0.342. The molecule has 1 unspecified atom stereocenters. The van der Waals surface area contributed by atoms with Gasteiger partial charge >= 0.3 is 0 Å². The van der Waals surface area contributed by atoms with E-state index >= 15 is 0 Å². The Hall–Kier alpha value is -1.02. The molecule has 1 aromatic heterocycles. The second-order valence-corrected chi connectivity index (χ2v) is 6.86. The summed E-state index contributed by atoms with van der Waals surface area (Å²) in [5, 5.41) is 0. The van der Waals surface area contributed by atoms with E-state index in [1.165, 1.54) is 6.20 Å². The van der Waals surface area contributed by atoms with E-state index < -0.39 is 10.0 Å². The maximum Gasteiger partial charge on any atom is 0.242 e. The lowest BCUT2D eigenvalue weighted by Gasteiger charge is -2.14. The van der Waals surface area contributed by atoms with Crippen LogP contribution in [0.3, 0.4) is 0 Å². The molecule has 0 radical (unpaired) electrons. The molecular formula is C13H22N4O2S. The number of pyridine rings is 1. The van der Waals surface area contributed by atoms with Crippen molar-refractivity contribution in [3.05, 3.63) is 24.0 Å². The number of rotatable bonds is 6. The Morgan fingerprint density at radius 1 is 1.50 bits per heavy atom. The first-order valence-electron chi connectivity index (χ1n) is 6.92. The monoisotopic (exact) mass is 298 g/mol. The van der Waals surface area contributed by atoms with Crippen LogP contribution in [0.2, 0.25) is 0 Å². The molecule has 1 saturated heterocycles. The summed E-state index contributed by atoms with van der Waals surface area (Å²) in [4.78, 5) is 6.54. The molecular weight excluding hydrogens is 276 g/mol. The molecule has 0 aromatic carbocycles. The van der Waals surface area contributed by atoms with E-state index in [-0.39, 0.29) is 4.90 Å². The summed E-state index contributed by atoms with van der Waals surface area (Å²) in [7, 11) is -3.47. The van der Waals surface area contributed by atoms with Gasteiger partial charge in [-0.15, -0.1) is 0 Å². The molecule has 1 aliphatic rings. The Morgan fingerprint density at radius 3 is 2.85 bits per heavy atom. The van der Waals surface area contributed by atoms with Crippen LogP contribution >= 0.6 is 0 Å². The minimum Gasteiger partial charge on any atom is -0.325 e. The molecule has 0 spiro atoms. The quantitative estimate of drug-likeness (QED) is 0.781. The van der Waals surface area contributed by atoms with Crippen LogP contribution in [0.15, 0.2) is 23.2 Å². The number of likely N-dealkylation sites (tertiary alicyclic amines) is 1. The van der Waals surface area contributed by atoms with Crippen LogP contribution < -0.4 is 10.5 Å². The van der Waals surface area contributed by atoms with Gasteiger partial charge in [0.25, 0.3) is 0 Å². The van der Waals surface area contributed by atoms with Crippen LogP contribution in [0.4, 0.5) is 0 Å². The third kappa shape index (κ3) is 3.76. The van der Waals surface area contributed by atoms with Crippen molar-refractivity contribution in [2.45, 2.75) is 24.8 Å². The third-order valence-corrected chi connectivity index (χ3v) is 5.11. The predicted molar refractivity (Wildman–Crippen MR) is 77.5 cm³/mol. The van der Waals surface area contributed by atoms with Gasteiger partial charge in [0, 0.05) is 25.8 Å². The highest BCUT2D eigenvalue weighted by Crippen LogP contribution is 2.16. The summed E-state index contributed by atoms with van der Waals surface area (Å²) < 4.78 is 27.0. The zero-order valence-electron chi connectivity index (χ0n) is 11.7. The van der Waals surface area contributed by atoms with Crippen molar-refractivity contribution in [3.63, 3.8) is 0 Å². The highest BCUT2D eigenvalue weighted by Gasteiger charge is 2.23. The van der Waals surface area contributed by atoms with Crippen molar-refractivity contribution in [2.24, 2.45) is 11.7 Å². The summed E-state index contributed by atoms with van der Waals surface area (Å²) in [5.41, 5.74) is 6.12. The fourth-order valence-electron chi connectivity index (χ4n) is 2.37. The van der Waals surface area contributed by atoms with Gasteiger partial charge in [0.15, 0.2) is 0 Å². The van der Waals surface area contributed by atoms with E-state index in [9.17, 15) is 8.42 Å². The van der Waals surface area contributed by atoms with Gasteiger partial charge in [-0.05, 0) is 37.6 Å². The molecule has 1 aliphatic heterocycles. The van der Waals surface area contributed by atoms with E-state index in [1.54, 1.807) is 12.1 Å². The maximum atomic E-state index is 12.1. The SMILES string of the molecule is CCN1CCC(CNS(=O)(=O)c2ccc(CN)nc2)C1. The van der Waals surface area contributed by atoms with Gasteiger partial charge in [-0.3, -0.25) is 4.98 Å². The van der Waals surface area contributed by atoms with Crippen LogP contribution in [0, 0.1) is 5.92 Å². The van der Waals surface area contributed by atoms with Crippen LogP contribution in [0.5, 0.6) is 0 Å². The van der Waals surface area contributed by atoms with Crippen molar-refractivity contribution in [2.75, 3.05) is 26.2 Å². The molecule has 1 fully saturated rings. The van der Waals surface area contributed by atoms with Crippen LogP contribution in [0.1, 0.15) is 19.0 Å². The maximum absolute atomic E-state index is 12.1. The Labute approximate surface area is 120 Å². The van der Waals surface area contributed by atoms with Crippen molar-refractivity contribution >= 4 is 10.0 Å². The minimum atomic E-state index is -3.47. The summed E-state index contributed by atoms with van der Waals surface area (Å²) in [6, 6.07) is 3.19. The molecule has 1 aromatic rings. The number of aromatic nitrogens is 1. The van der Waals surface area contributed by atoms with Gasteiger partial charge in [0.2, 0.25) is 10.0 Å². The van der Waals surface area contributed by atoms with Gasteiger partial charge in [0.1, 0.15) is 4.90 Å². The van der Waals surface area contributed by atoms with Crippen molar-refractivity contribution in [1.29, 1.82) is 0 Å². The van der Waals surface area contributed by atoms with E-state index in [0.29, 0.717) is 24.7 Å². The van der Waals surface area contributed by atoms with Crippen molar-refractivity contribution in [3.8, 4) is 0 Å². The first-order valence-corrected chi connectivity index (χ1v) is 8.40. The van der Waals surface area contributed by atoms with Gasteiger partial charge in [0.05, 0.1) is 5.69 Å². The average Bonchev–Trinajstić information content (AvgIpc) is 2.93. The normalized spacial score (nSPS) is 20.4. The first-order chi connectivity index (χ1) is 9.55. The van der Waals surface area contributed by atoms with Crippen LogP contribution in [-0.4, -0.2) is 44.5 Å². The number of sulfonamides is 1. The summed E-state index contributed by atoms with van der Waals surface area (Å²) in [6.07, 6.45) is 2.40. The number of hydrogen-bond acceptors (Lipinski definition) is 5. The molecule has 3 N–H and O–H groups in total. The average molecular weight is 298 g/mol. The highest BCUT2D eigenvalue weighted by atomic mass is 32.2. The lowest BCUT2D eigenvalue weighted by atomic mass is 10.1. The zero-order valence-corrected chi connectivity index (χ0v) is 12.6. The molecule has 2 rings (SSSR count).